The van der Waals surface area contributed by atoms with Crippen LogP contribution in [0.1, 0.15) is 23.7 Å². The molecule has 0 aromatic heterocycles. The van der Waals surface area contributed by atoms with E-state index in [0.717, 1.165) is 5.69 Å². The minimum atomic E-state index is -0.853. The molecule has 0 atom stereocenters. The van der Waals surface area contributed by atoms with Crippen LogP contribution in [0.25, 0.3) is 0 Å². The van der Waals surface area contributed by atoms with E-state index in [-0.39, 0.29) is 18.1 Å². The van der Waals surface area contributed by atoms with Crippen molar-refractivity contribution in [3.63, 3.8) is 0 Å². The van der Waals surface area contributed by atoms with Crippen molar-refractivity contribution in [3.8, 4) is 0 Å². The number of hydrogen-bond acceptors (Lipinski definition) is 5. The molecular weight excluding hydrogens is 260 g/mol. The van der Waals surface area contributed by atoms with Crippen LogP contribution < -0.4 is 5.01 Å². The molecule has 6 nitrogen and oxygen atoms in total. The van der Waals surface area contributed by atoms with E-state index in [0.29, 0.717) is 13.0 Å². The number of benzene rings is 1. The Morgan fingerprint density at radius 1 is 1.25 bits per heavy atom. The fourth-order valence-corrected chi connectivity index (χ4v) is 2.05. The molecule has 20 heavy (non-hydrogen) atoms. The smallest absolute Gasteiger partial charge is 0.379 e. The molecule has 1 aromatic carbocycles. The van der Waals surface area contributed by atoms with Gasteiger partial charge in [0.25, 0.3) is 5.78 Å². The average Bonchev–Trinajstić information content (AvgIpc) is 2.79. The Labute approximate surface area is 116 Å². The summed E-state index contributed by atoms with van der Waals surface area (Å²) in [4.78, 5) is 34.5. The first-order valence-electron chi connectivity index (χ1n) is 6.40. The van der Waals surface area contributed by atoms with Crippen LogP contribution in [0.5, 0.6) is 0 Å². The fourth-order valence-electron chi connectivity index (χ4n) is 2.05. The summed E-state index contributed by atoms with van der Waals surface area (Å²) < 4.78 is 4.67. The highest BCUT2D eigenvalue weighted by atomic mass is 16.5. The lowest BCUT2D eigenvalue weighted by molar-refractivity contribution is -0.137. The normalized spacial score (nSPS) is 14.6. The second-order valence-electron chi connectivity index (χ2n) is 4.39. The van der Waals surface area contributed by atoms with Gasteiger partial charge in [-0.1, -0.05) is 0 Å². The molecule has 0 bridgehead atoms. The van der Waals surface area contributed by atoms with Crippen LogP contribution in [0, 0.1) is 0 Å². The number of carbonyl (C=O) groups is 3. The number of ether oxygens (including phenoxy) is 1. The van der Waals surface area contributed by atoms with Crippen LogP contribution in [0.15, 0.2) is 24.3 Å². The summed E-state index contributed by atoms with van der Waals surface area (Å²) >= 11 is 0. The number of esters is 1. The molecule has 1 fully saturated rings. The van der Waals surface area contributed by atoms with Gasteiger partial charge in [-0.25, -0.2) is 4.79 Å². The van der Waals surface area contributed by atoms with Crippen molar-refractivity contribution in [1.29, 1.82) is 0 Å². The molecule has 0 radical (unpaired) electrons. The Hall–Kier alpha value is -2.37. The van der Waals surface area contributed by atoms with Gasteiger partial charge in [-0.15, -0.1) is 0 Å². The van der Waals surface area contributed by atoms with Crippen molar-refractivity contribution in [2.45, 2.75) is 13.3 Å². The molecule has 1 saturated heterocycles. The predicted octanol–water partition coefficient (Wildman–Crippen LogP) is 1.02. The van der Waals surface area contributed by atoms with E-state index in [4.69, 9.17) is 0 Å². The number of rotatable bonds is 4. The molecule has 0 aliphatic carbocycles. The van der Waals surface area contributed by atoms with Gasteiger partial charge in [0.15, 0.2) is 0 Å². The second-order valence-corrected chi connectivity index (χ2v) is 4.39. The Morgan fingerprint density at radius 3 is 2.40 bits per heavy atom. The van der Waals surface area contributed by atoms with Crippen LogP contribution in [0.3, 0.4) is 0 Å². The van der Waals surface area contributed by atoms with Crippen LogP contribution in [-0.4, -0.2) is 42.9 Å². The van der Waals surface area contributed by atoms with Gasteiger partial charge < -0.3 is 4.74 Å². The lowest BCUT2D eigenvalue weighted by Gasteiger charge is -2.26. The quantitative estimate of drug-likeness (QED) is 0.466. The molecule has 1 heterocycles. The van der Waals surface area contributed by atoms with Crippen LogP contribution in [0.4, 0.5) is 5.69 Å². The number of carbonyl (C=O) groups excluding carboxylic acids is 3. The third-order valence-electron chi connectivity index (χ3n) is 3.15. The van der Waals surface area contributed by atoms with Gasteiger partial charge in [-0.3, -0.25) is 19.6 Å². The molecule has 1 amide bonds. The number of anilines is 1. The molecule has 1 aliphatic heterocycles. The molecule has 106 valence electrons. The van der Waals surface area contributed by atoms with Gasteiger partial charge in [0.1, 0.15) is 0 Å². The maximum atomic E-state index is 11.7. The van der Waals surface area contributed by atoms with Crippen LogP contribution >= 0.6 is 0 Å². The maximum absolute atomic E-state index is 11.7. The first kappa shape index (κ1) is 14.0. The Morgan fingerprint density at radius 2 is 1.90 bits per heavy atom. The van der Waals surface area contributed by atoms with E-state index in [1.54, 1.807) is 43.2 Å². The number of Topliss-reactive ketones (excluding diaryl/α,β-unsaturated/α-hetero) is 1. The lowest BCUT2D eigenvalue weighted by Crippen LogP contribution is -2.35. The molecule has 1 aromatic rings. The third-order valence-corrected chi connectivity index (χ3v) is 3.15. The summed E-state index contributed by atoms with van der Waals surface area (Å²) in [6.07, 6.45) is 0.472. The molecule has 1 aliphatic rings. The molecule has 0 unspecified atom stereocenters. The minimum Gasteiger partial charge on any atom is -0.460 e. The molecule has 0 N–H and O–H groups in total. The third kappa shape index (κ3) is 2.64. The second kappa shape index (κ2) is 5.73. The molecule has 0 saturated carbocycles. The number of ketones is 1. The molecule has 0 spiro atoms. The Balaban J connectivity index is 2.12. The van der Waals surface area contributed by atoms with Gasteiger partial charge in [-0.2, -0.15) is 0 Å². The number of hydrazine groups is 1. The van der Waals surface area contributed by atoms with Crippen molar-refractivity contribution in [3.05, 3.63) is 29.8 Å². The van der Waals surface area contributed by atoms with Gasteiger partial charge >= 0.3 is 5.97 Å². The zero-order chi connectivity index (χ0) is 14.7. The monoisotopic (exact) mass is 276 g/mol. The molecule has 2 rings (SSSR count). The minimum absolute atomic E-state index is 0.0525. The highest BCUT2D eigenvalue weighted by molar-refractivity contribution is 6.40. The summed E-state index contributed by atoms with van der Waals surface area (Å²) in [5.74, 6) is -1.46. The molecular formula is C14H16N2O4. The SMILES string of the molecule is CCOC(=O)C(=O)c1ccc(N2CCC(=O)N2C)cc1. The van der Waals surface area contributed by atoms with Gasteiger partial charge in [0.05, 0.1) is 12.3 Å². The zero-order valence-electron chi connectivity index (χ0n) is 11.5. The highest BCUT2D eigenvalue weighted by Crippen LogP contribution is 2.21. The van der Waals surface area contributed by atoms with Crippen molar-refractivity contribution in [1.82, 2.24) is 5.01 Å². The van der Waals surface area contributed by atoms with E-state index < -0.39 is 11.8 Å². The van der Waals surface area contributed by atoms with Crippen molar-refractivity contribution < 1.29 is 19.1 Å². The largest absolute Gasteiger partial charge is 0.460 e. The first-order valence-corrected chi connectivity index (χ1v) is 6.40. The topological polar surface area (TPSA) is 66.9 Å². The van der Waals surface area contributed by atoms with Gasteiger partial charge in [-0.05, 0) is 31.2 Å². The summed E-state index contributed by atoms with van der Waals surface area (Å²) in [6.45, 7) is 2.43. The van der Waals surface area contributed by atoms with Crippen molar-refractivity contribution in [2.24, 2.45) is 0 Å². The summed E-state index contributed by atoms with van der Waals surface area (Å²) in [5, 5.41) is 3.36. The van der Waals surface area contributed by atoms with E-state index in [9.17, 15) is 14.4 Å². The predicted molar refractivity (Wildman–Crippen MR) is 72.1 cm³/mol. The number of amides is 1. The zero-order valence-corrected chi connectivity index (χ0v) is 11.5. The Kier molecular flexibility index (Phi) is 4.02. The Bertz CT molecular complexity index is 539. The van der Waals surface area contributed by atoms with Crippen LogP contribution in [-0.2, 0) is 14.3 Å². The fraction of sp³-hybridized carbons (Fsp3) is 0.357. The van der Waals surface area contributed by atoms with E-state index in [1.807, 2.05) is 5.01 Å². The van der Waals surface area contributed by atoms with Crippen molar-refractivity contribution in [2.75, 3.05) is 25.2 Å². The summed E-state index contributed by atoms with van der Waals surface area (Å²) in [7, 11) is 1.70. The first-order chi connectivity index (χ1) is 9.54. The maximum Gasteiger partial charge on any atom is 0.379 e. The molecule has 6 heteroatoms. The number of nitrogens with zero attached hydrogens (tertiary/aromatic N) is 2. The average molecular weight is 276 g/mol. The van der Waals surface area contributed by atoms with Gasteiger partial charge in [0.2, 0.25) is 5.91 Å². The van der Waals surface area contributed by atoms with Gasteiger partial charge in [0, 0.05) is 25.6 Å². The highest BCUT2D eigenvalue weighted by Gasteiger charge is 2.26. The number of hydrogen-bond donors (Lipinski definition) is 0. The van der Waals surface area contributed by atoms with E-state index in [2.05, 4.69) is 4.74 Å². The van der Waals surface area contributed by atoms with Crippen LogP contribution in [0.2, 0.25) is 0 Å². The summed E-state index contributed by atoms with van der Waals surface area (Å²) in [5.41, 5.74) is 1.08. The van der Waals surface area contributed by atoms with Crippen molar-refractivity contribution >= 4 is 23.3 Å². The summed E-state index contributed by atoms with van der Waals surface area (Å²) in [6, 6.07) is 6.54. The van der Waals surface area contributed by atoms with E-state index in [1.165, 1.54) is 0 Å². The standard InChI is InChI=1S/C14H16N2O4/c1-3-20-14(19)13(18)10-4-6-11(7-5-10)16-9-8-12(17)15(16)2/h4-7H,3,8-9H2,1-2H3. The van der Waals surface area contributed by atoms with E-state index >= 15 is 0 Å². The lowest BCUT2D eigenvalue weighted by atomic mass is 10.1.